The second-order valence-corrected chi connectivity index (χ2v) is 9.79. The van der Waals surface area contributed by atoms with E-state index in [1.807, 2.05) is 0 Å². The maximum absolute atomic E-state index is 11.8. The van der Waals surface area contributed by atoms with Crippen LogP contribution < -0.4 is 0 Å². The summed E-state index contributed by atoms with van der Waals surface area (Å²) in [5, 5.41) is 0. The third-order valence-electron chi connectivity index (χ3n) is 5.07. The number of ketones is 4. The van der Waals surface area contributed by atoms with Crippen molar-refractivity contribution < 1.29 is 66.7 Å². The molecular formula is C24H12AgF6N4O4P. The van der Waals surface area contributed by atoms with Crippen LogP contribution in [-0.2, 0) is 22.4 Å². The van der Waals surface area contributed by atoms with E-state index in [9.17, 15) is 44.4 Å². The molecule has 0 spiro atoms. The van der Waals surface area contributed by atoms with E-state index in [0.29, 0.717) is 45.0 Å². The second kappa shape index (κ2) is 10.2. The molecule has 2 aliphatic rings. The molecule has 0 bridgehead atoms. The molecule has 4 aromatic rings. The molecule has 6 rings (SSSR count). The van der Waals surface area contributed by atoms with Crippen LogP contribution in [0.5, 0.6) is 0 Å². The van der Waals surface area contributed by atoms with Gasteiger partial charge in [0.15, 0.2) is 0 Å². The molecule has 0 aromatic carbocycles. The maximum Gasteiger partial charge on any atom is 1.00 e. The Hall–Kier alpha value is -3.97. The third-order valence-corrected chi connectivity index (χ3v) is 5.07. The smallest absolute Gasteiger partial charge is 0.285 e. The summed E-state index contributed by atoms with van der Waals surface area (Å²) in [6.07, 6.45) is 6.33. The predicted molar refractivity (Wildman–Crippen MR) is 126 cm³/mol. The normalized spacial score (nSPS) is 14.7. The van der Waals surface area contributed by atoms with Crippen molar-refractivity contribution in [3.63, 3.8) is 0 Å². The van der Waals surface area contributed by atoms with E-state index in [0.717, 1.165) is 0 Å². The summed E-state index contributed by atoms with van der Waals surface area (Å²) in [6, 6.07) is 12.9. The van der Waals surface area contributed by atoms with Crippen LogP contribution in [0.15, 0.2) is 73.3 Å². The maximum atomic E-state index is 11.8. The van der Waals surface area contributed by atoms with Gasteiger partial charge in [0.1, 0.15) is 22.8 Å². The van der Waals surface area contributed by atoms with Gasteiger partial charge >= 0.3 is 55.4 Å². The minimum absolute atomic E-state index is 0. The molecule has 0 saturated carbocycles. The quantitative estimate of drug-likeness (QED) is 0.0908. The van der Waals surface area contributed by atoms with E-state index in [1.54, 1.807) is 73.3 Å². The minimum atomic E-state index is -10.7. The van der Waals surface area contributed by atoms with Crippen LogP contribution in [0.25, 0.3) is 22.8 Å². The SMILES string of the molecule is F[P-](F)(F)(F)(F)F.O=C1C(=O)c2cccnc2-c2ncccc21.O=C1C(=O)c2cccnc2-c2ncccc21.[Ag+]. The Kier molecular flexibility index (Phi) is 7.80. The number of hydrogen-bond acceptors (Lipinski definition) is 8. The van der Waals surface area contributed by atoms with Gasteiger partial charge in [0.25, 0.3) is 0 Å². The first-order valence-electron chi connectivity index (χ1n) is 10.6. The molecule has 4 aromatic heterocycles. The van der Waals surface area contributed by atoms with Gasteiger partial charge in [-0.25, -0.2) is 0 Å². The number of halogens is 6. The number of nitrogens with zero attached hydrogens (tertiary/aromatic N) is 4. The van der Waals surface area contributed by atoms with Gasteiger partial charge in [-0.2, -0.15) is 0 Å². The predicted octanol–water partition coefficient (Wildman–Crippen LogP) is 6.43. The van der Waals surface area contributed by atoms with Crippen molar-refractivity contribution >= 4 is 30.9 Å². The minimum Gasteiger partial charge on any atom is -0.285 e. The number of fused-ring (bicyclic) bond motifs is 6. The fourth-order valence-electron chi connectivity index (χ4n) is 3.60. The molecule has 4 heterocycles. The van der Waals surface area contributed by atoms with Gasteiger partial charge in [0.2, 0.25) is 23.1 Å². The van der Waals surface area contributed by atoms with E-state index < -0.39 is 30.9 Å². The average molecular weight is 673 g/mol. The van der Waals surface area contributed by atoms with Gasteiger partial charge < -0.3 is 0 Å². The molecule has 0 fully saturated rings. The molecule has 210 valence electrons. The number of Topliss-reactive ketones (excluding diaryl/α,β-unsaturated/α-hetero) is 4. The van der Waals surface area contributed by atoms with E-state index in [1.165, 1.54) is 0 Å². The molecule has 8 nitrogen and oxygen atoms in total. The summed E-state index contributed by atoms with van der Waals surface area (Å²) >= 11 is 0. The van der Waals surface area contributed by atoms with E-state index in [2.05, 4.69) is 19.9 Å². The zero-order chi connectivity index (χ0) is 28.7. The van der Waals surface area contributed by atoms with Crippen LogP contribution in [0.1, 0.15) is 41.4 Å². The Balaban J connectivity index is 0.000000177. The molecule has 0 unspecified atom stereocenters. The molecule has 16 heteroatoms. The largest absolute Gasteiger partial charge is 1.00 e. The number of pyridine rings is 4. The number of rotatable bonds is 0. The van der Waals surface area contributed by atoms with Gasteiger partial charge in [-0.3, -0.25) is 39.1 Å². The Morgan fingerprint density at radius 2 is 0.600 bits per heavy atom. The fourth-order valence-corrected chi connectivity index (χ4v) is 3.60. The number of carbonyl (C=O) groups is 4. The molecule has 0 atom stereocenters. The van der Waals surface area contributed by atoms with Crippen molar-refractivity contribution in [2.24, 2.45) is 0 Å². The van der Waals surface area contributed by atoms with Crippen molar-refractivity contribution in [2.75, 3.05) is 0 Å². The van der Waals surface area contributed by atoms with Gasteiger partial charge in [-0.1, -0.05) is 0 Å². The standard InChI is InChI=1S/2C12H6N2O2.Ag.F6P/c2*15-11-7-3-1-5-13-9(7)10-8(12(11)16)4-2-6-14-10;;1-7(2,3,4,5)6/h2*1-6H;;/q;;+1;-1. The number of carbonyl (C=O) groups excluding carboxylic acids is 4. The van der Waals surface area contributed by atoms with Crippen molar-refractivity contribution in [3.8, 4) is 22.8 Å². The second-order valence-electron chi connectivity index (χ2n) is 7.87. The van der Waals surface area contributed by atoms with Gasteiger partial charge in [0.05, 0.1) is 22.3 Å². The van der Waals surface area contributed by atoms with Crippen LogP contribution in [0.2, 0.25) is 0 Å². The first kappa shape index (κ1) is 30.6. The van der Waals surface area contributed by atoms with Crippen LogP contribution in [0, 0.1) is 0 Å². The molecule has 0 radical (unpaired) electrons. The number of hydrogen-bond donors (Lipinski definition) is 0. The Bertz CT molecular complexity index is 1470. The van der Waals surface area contributed by atoms with Gasteiger partial charge in [0, 0.05) is 24.8 Å². The molecule has 0 amide bonds. The van der Waals surface area contributed by atoms with Crippen LogP contribution in [0.3, 0.4) is 0 Å². The van der Waals surface area contributed by atoms with E-state index in [4.69, 9.17) is 0 Å². The summed E-state index contributed by atoms with van der Waals surface area (Å²) in [7, 11) is -10.7. The Labute approximate surface area is 235 Å². The molecule has 2 aliphatic carbocycles. The molecule has 0 N–H and O–H groups in total. The van der Waals surface area contributed by atoms with Crippen LogP contribution >= 0.6 is 7.81 Å². The monoisotopic (exact) mass is 672 g/mol. The first-order chi connectivity index (χ1) is 18.0. The summed E-state index contributed by atoms with van der Waals surface area (Å²) < 4.78 is 59.2. The molecule has 40 heavy (non-hydrogen) atoms. The average Bonchev–Trinajstić information content (AvgIpc) is 2.89. The molecular weight excluding hydrogens is 661 g/mol. The third kappa shape index (κ3) is 7.16. The van der Waals surface area contributed by atoms with Crippen molar-refractivity contribution in [3.05, 3.63) is 95.6 Å². The topological polar surface area (TPSA) is 120 Å². The Morgan fingerprint density at radius 1 is 0.425 bits per heavy atom. The summed E-state index contributed by atoms with van der Waals surface area (Å²) in [4.78, 5) is 63.5. The zero-order valence-corrected chi connectivity index (χ0v) is 21.7. The van der Waals surface area contributed by atoms with Gasteiger partial charge in [-0.15, -0.1) is 0 Å². The fraction of sp³-hybridized carbons (Fsp3) is 0. The molecule has 0 saturated heterocycles. The van der Waals surface area contributed by atoms with Crippen molar-refractivity contribution in [1.29, 1.82) is 0 Å². The summed E-state index contributed by atoms with van der Waals surface area (Å²) in [5.41, 5.74) is 3.28. The molecule has 0 aliphatic heterocycles. The van der Waals surface area contributed by atoms with Gasteiger partial charge in [-0.05, 0) is 48.5 Å². The first-order valence-corrected chi connectivity index (χ1v) is 12.6. The van der Waals surface area contributed by atoms with E-state index >= 15 is 0 Å². The summed E-state index contributed by atoms with van der Waals surface area (Å²) in [6.45, 7) is 0. The van der Waals surface area contributed by atoms with Crippen LogP contribution in [0.4, 0.5) is 25.2 Å². The van der Waals surface area contributed by atoms with Crippen molar-refractivity contribution in [2.45, 2.75) is 0 Å². The van der Waals surface area contributed by atoms with E-state index in [-0.39, 0.29) is 22.4 Å². The van der Waals surface area contributed by atoms with Crippen LogP contribution in [-0.4, -0.2) is 43.1 Å². The summed E-state index contributed by atoms with van der Waals surface area (Å²) in [5.74, 6) is -2.04. The zero-order valence-electron chi connectivity index (χ0n) is 19.4. The Morgan fingerprint density at radius 3 is 0.775 bits per heavy atom. The van der Waals surface area contributed by atoms with Crippen molar-refractivity contribution in [1.82, 2.24) is 19.9 Å². The number of aromatic nitrogens is 4.